The molecule has 0 bridgehead atoms. The summed E-state index contributed by atoms with van der Waals surface area (Å²) < 4.78 is 37.4. The minimum atomic E-state index is -3.53. The van der Waals surface area contributed by atoms with Crippen molar-refractivity contribution in [1.82, 2.24) is 9.21 Å². The molecule has 9 nitrogen and oxygen atoms in total. The van der Waals surface area contributed by atoms with E-state index >= 15 is 0 Å². The van der Waals surface area contributed by atoms with Crippen molar-refractivity contribution in [2.45, 2.75) is 49.8 Å². The highest BCUT2D eigenvalue weighted by molar-refractivity contribution is 7.91. The summed E-state index contributed by atoms with van der Waals surface area (Å²) >= 11 is 1.17. The van der Waals surface area contributed by atoms with Crippen LogP contribution in [0.4, 0.5) is 0 Å². The number of hydrogen-bond donors (Lipinski definition) is 0. The molecule has 0 saturated carbocycles. The van der Waals surface area contributed by atoms with Gasteiger partial charge < -0.3 is 14.4 Å². The maximum absolute atomic E-state index is 12.7. The Bertz CT molecular complexity index is 901. The van der Waals surface area contributed by atoms with Gasteiger partial charge in [0, 0.05) is 26.2 Å². The van der Waals surface area contributed by atoms with Crippen molar-refractivity contribution >= 4 is 39.2 Å². The Hall–Kier alpha value is -1.98. The lowest BCUT2D eigenvalue weighted by molar-refractivity contribution is -0.164. The van der Waals surface area contributed by atoms with Gasteiger partial charge in [-0.2, -0.15) is 4.31 Å². The van der Waals surface area contributed by atoms with Gasteiger partial charge in [-0.15, -0.1) is 11.3 Å². The van der Waals surface area contributed by atoms with Crippen LogP contribution in [0.25, 0.3) is 0 Å². The molecule has 1 amide bonds. The fraction of sp³-hybridized carbons (Fsp3) is 0.667. The van der Waals surface area contributed by atoms with E-state index in [1.54, 1.807) is 36.3 Å². The molecular formula is C21H30N2O7S2. The average molecular weight is 487 g/mol. The summed E-state index contributed by atoms with van der Waals surface area (Å²) in [6, 6.07) is 3.27. The van der Waals surface area contributed by atoms with Gasteiger partial charge in [0.05, 0.1) is 18.4 Å². The van der Waals surface area contributed by atoms with Crippen LogP contribution in [0.15, 0.2) is 21.7 Å². The first-order valence-electron chi connectivity index (χ1n) is 10.9. The predicted molar refractivity (Wildman–Crippen MR) is 117 cm³/mol. The minimum Gasteiger partial charge on any atom is -0.466 e. The molecule has 1 aromatic heterocycles. The topological polar surface area (TPSA) is 110 Å². The molecule has 0 spiro atoms. The molecule has 2 aliphatic rings. The first kappa shape index (κ1) is 24.7. The van der Waals surface area contributed by atoms with Gasteiger partial charge in [0.1, 0.15) is 4.21 Å². The Morgan fingerprint density at radius 2 is 1.66 bits per heavy atom. The van der Waals surface area contributed by atoms with E-state index in [1.807, 2.05) is 0 Å². The highest BCUT2D eigenvalue weighted by Gasteiger charge is 2.36. The highest BCUT2D eigenvalue weighted by Crippen LogP contribution is 2.27. The maximum Gasteiger partial charge on any atom is 0.309 e. The molecule has 1 aromatic rings. The van der Waals surface area contributed by atoms with Gasteiger partial charge in [-0.05, 0) is 51.0 Å². The fourth-order valence-corrected chi connectivity index (χ4v) is 6.66. The molecule has 0 N–H and O–H groups in total. The zero-order chi connectivity index (χ0) is 23.3. The van der Waals surface area contributed by atoms with Gasteiger partial charge in [-0.3, -0.25) is 14.4 Å². The second kappa shape index (κ2) is 10.8. The molecule has 32 heavy (non-hydrogen) atoms. The number of amides is 1. The van der Waals surface area contributed by atoms with Crippen LogP contribution in [0.3, 0.4) is 0 Å². The van der Waals surface area contributed by atoms with Crippen molar-refractivity contribution in [3.8, 4) is 0 Å². The Kier molecular flexibility index (Phi) is 8.29. The summed E-state index contributed by atoms with van der Waals surface area (Å²) in [5.74, 6) is -1.62. The zero-order valence-corrected chi connectivity index (χ0v) is 20.0. The van der Waals surface area contributed by atoms with Crippen LogP contribution >= 0.6 is 11.3 Å². The lowest BCUT2D eigenvalue weighted by Crippen LogP contribution is -2.46. The molecule has 2 fully saturated rings. The third-order valence-corrected chi connectivity index (χ3v) is 9.22. The van der Waals surface area contributed by atoms with Crippen LogP contribution < -0.4 is 0 Å². The maximum atomic E-state index is 12.7. The van der Waals surface area contributed by atoms with Gasteiger partial charge in [0.25, 0.3) is 15.9 Å². The van der Waals surface area contributed by atoms with Gasteiger partial charge in [0.2, 0.25) is 0 Å². The fourth-order valence-electron chi connectivity index (χ4n) is 4.04. The molecule has 11 heteroatoms. The van der Waals surface area contributed by atoms with E-state index in [0.29, 0.717) is 49.6 Å². The van der Waals surface area contributed by atoms with Crippen LogP contribution in [0.1, 0.15) is 39.5 Å². The number of nitrogens with zero attached hydrogens (tertiary/aromatic N) is 2. The Balaban J connectivity index is 1.45. The monoisotopic (exact) mass is 486 g/mol. The zero-order valence-electron chi connectivity index (χ0n) is 18.4. The standard InChI is InChI=1S/C21H30N2O7S2/c1-3-29-20(25)16-6-10-22(11-7-16)19(24)15(2)30-21(26)17-8-12-23(13-9-17)32(27,28)18-5-4-14-31-18/h4-5,14-17H,3,6-13H2,1-2H3. The summed E-state index contributed by atoms with van der Waals surface area (Å²) in [5.41, 5.74) is 0. The van der Waals surface area contributed by atoms with E-state index in [2.05, 4.69) is 0 Å². The second-order valence-electron chi connectivity index (χ2n) is 8.04. The van der Waals surface area contributed by atoms with Crippen molar-refractivity contribution in [3.63, 3.8) is 0 Å². The van der Waals surface area contributed by atoms with E-state index in [9.17, 15) is 22.8 Å². The summed E-state index contributed by atoms with van der Waals surface area (Å²) in [5, 5.41) is 1.72. The first-order chi connectivity index (χ1) is 15.2. The summed E-state index contributed by atoms with van der Waals surface area (Å²) in [6.45, 7) is 4.97. The van der Waals surface area contributed by atoms with Crippen molar-refractivity contribution in [2.75, 3.05) is 32.8 Å². The molecule has 2 saturated heterocycles. The predicted octanol–water partition coefficient (Wildman–Crippen LogP) is 1.88. The van der Waals surface area contributed by atoms with Gasteiger partial charge >= 0.3 is 11.9 Å². The van der Waals surface area contributed by atoms with Gasteiger partial charge in [0.15, 0.2) is 6.10 Å². The molecule has 3 heterocycles. The van der Waals surface area contributed by atoms with Crippen molar-refractivity contribution < 1.29 is 32.3 Å². The van der Waals surface area contributed by atoms with Crippen molar-refractivity contribution in [2.24, 2.45) is 11.8 Å². The quantitative estimate of drug-likeness (QED) is 0.541. The summed E-state index contributed by atoms with van der Waals surface area (Å²) in [7, 11) is -3.53. The number of carbonyl (C=O) groups excluding carboxylic acids is 3. The molecule has 178 valence electrons. The normalized spacial score (nSPS) is 20.0. The van der Waals surface area contributed by atoms with E-state index in [-0.39, 0.29) is 30.9 Å². The number of likely N-dealkylation sites (tertiary alicyclic amines) is 1. The van der Waals surface area contributed by atoms with Gasteiger partial charge in [-0.25, -0.2) is 8.42 Å². The number of ether oxygens (including phenoxy) is 2. The Labute approximate surface area is 192 Å². The van der Waals surface area contributed by atoms with Crippen LogP contribution in [0, 0.1) is 11.8 Å². The molecule has 1 unspecified atom stereocenters. The van der Waals surface area contributed by atoms with E-state index in [0.717, 1.165) is 0 Å². The van der Waals surface area contributed by atoms with Crippen molar-refractivity contribution in [1.29, 1.82) is 0 Å². The average Bonchev–Trinajstić information content (AvgIpc) is 3.35. The second-order valence-corrected chi connectivity index (χ2v) is 11.2. The molecule has 2 aliphatic heterocycles. The molecule has 1 atom stereocenters. The Morgan fingerprint density at radius 1 is 1.06 bits per heavy atom. The lowest BCUT2D eigenvalue weighted by atomic mass is 9.96. The molecule has 0 aliphatic carbocycles. The SMILES string of the molecule is CCOC(=O)C1CCN(C(=O)C(C)OC(=O)C2CCN(S(=O)(=O)c3cccs3)CC2)CC1. The number of thiophene rings is 1. The van der Waals surface area contributed by atoms with Crippen LogP contribution in [-0.4, -0.2) is 74.4 Å². The van der Waals surface area contributed by atoms with E-state index < -0.39 is 28.0 Å². The number of esters is 2. The van der Waals surface area contributed by atoms with Crippen molar-refractivity contribution in [3.05, 3.63) is 17.5 Å². The Morgan fingerprint density at radius 3 is 2.22 bits per heavy atom. The molecule has 0 aromatic carbocycles. The minimum absolute atomic E-state index is 0.201. The largest absolute Gasteiger partial charge is 0.466 e. The third-order valence-electron chi connectivity index (χ3n) is 5.94. The summed E-state index contributed by atoms with van der Waals surface area (Å²) in [4.78, 5) is 38.7. The van der Waals surface area contributed by atoms with Gasteiger partial charge in [-0.1, -0.05) is 6.07 Å². The number of carbonyl (C=O) groups is 3. The number of hydrogen-bond acceptors (Lipinski definition) is 8. The first-order valence-corrected chi connectivity index (χ1v) is 13.3. The third kappa shape index (κ3) is 5.68. The molecule has 0 radical (unpaired) electrons. The smallest absolute Gasteiger partial charge is 0.309 e. The van der Waals surface area contributed by atoms with Crippen LogP contribution in [0.5, 0.6) is 0 Å². The highest BCUT2D eigenvalue weighted by atomic mass is 32.2. The van der Waals surface area contributed by atoms with E-state index in [1.165, 1.54) is 15.6 Å². The summed E-state index contributed by atoms with van der Waals surface area (Å²) in [6.07, 6.45) is 0.851. The molecule has 3 rings (SSSR count). The number of rotatable bonds is 7. The van der Waals surface area contributed by atoms with Crippen LogP contribution in [-0.2, 0) is 33.9 Å². The number of sulfonamides is 1. The lowest BCUT2D eigenvalue weighted by Gasteiger charge is -2.33. The van der Waals surface area contributed by atoms with Crippen LogP contribution in [0.2, 0.25) is 0 Å². The van der Waals surface area contributed by atoms with E-state index in [4.69, 9.17) is 9.47 Å². The molecular weight excluding hydrogens is 456 g/mol. The number of piperidine rings is 2.